The lowest BCUT2D eigenvalue weighted by molar-refractivity contribution is 0.318. The molecular weight excluding hydrogens is 709 g/mol. The molecule has 7 rings (SSSR count). The number of ether oxygens (including phenoxy) is 1. The van der Waals surface area contributed by atoms with Crippen molar-refractivity contribution in [3.05, 3.63) is 135 Å². The third kappa shape index (κ3) is 7.18. The number of hydrogen-bond acceptors (Lipinski definition) is 9. The third-order valence-corrected chi connectivity index (χ3v) is 11.7. The first-order valence-electron chi connectivity index (χ1n) is 16.9. The Hall–Kier alpha value is -5.07. The number of benzene rings is 4. The zero-order chi connectivity index (χ0) is 36.2. The lowest BCUT2D eigenvalue weighted by Crippen LogP contribution is -2.33. The minimum absolute atomic E-state index is 0.115. The molecule has 52 heavy (non-hydrogen) atoms. The standard InChI is InChI=1S/C41H38N4O4S3/c1-5-26-49-52(46,47)45-37-12-8-6-10-35(37)34(36-11-7-9-13-38(36)45)25-19-30-15-14-29(40-41(30)43-51-42-40)18-22-33-24-23-32(50-33)21-17-28-16-20-31(44(2)3)27-39(28)48-4/h6-25,27,34H,5,26H2,1-4H3/b21-17+,22-18+,25-19+. The van der Waals surface area contributed by atoms with E-state index in [1.54, 1.807) is 18.4 Å². The SMILES string of the molecule is CCCOS(=O)(=O)N1c2ccccc2C(/C=C/c2ccc(/C=C/c3ccc(/C=C/c4ccc(N(C)C)cc4OC)s3)c3nsnc23)c2ccccc21. The molecule has 1 aliphatic rings. The number of nitrogens with zero attached hydrogens (tertiary/aromatic N) is 4. The number of aromatic nitrogens is 2. The van der Waals surface area contributed by atoms with Gasteiger partial charge < -0.3 is 9.64 Å². The number of fused-ring (bicyclic) bond motifs is 3. The van der Waals surface area contributed by atoms with Crippen molar-refractivity contribution in [2.24, 2.45) is 0 Å². The van der Waals surface area contributed by atoms with Crippen LogP contribution >= 0.6 is 23.1 Å². The molecule has 0 aliphatic carbocycles. The van der Waals surface area contributed by atoms with E-state index < -0.39 is 10.3 Å². The Morgan fingerprint density at radius 1 is 0.769 bits per heavy atom. The lowest BCUT2D eigenvalue weighted by atomic mass is 9.85. The summed E-state index contributed by atoms with van der Waals surface area (Å²) in [7, 11) is 1.67. The summed E-state index contributed by atoms with van der Waals surface area (Å²) in [6.45, 7) is 2.00. The molecule has 264 valence electrons. The topological polar surface area (TPSA) is 84.9 Å². The van der Waals surface area contributed by atoms with Crippen molar-refractivity contribution in [2.45, 2.75) is 19.3 Å². The highest BCUT2D eigenvalue weighted by atomic mass is 32.2. The Bertz CT molecular complexity index is 2380. The molecule has 0 unspecified atom stereocenters. The van der Waals surface area contributed by atoms with Crippen molar-refractivity contribution >= 4 is 91.8 Å². The van der Waals surface area contributed by atoms with Crippen LogP contribution in [0.3, 0.4) is 0 Å². The van der Waals surface area contributed by atoms with Gasteiger partial charge in [-0.05, 0) is 72.2 Å². The van der Waals surface area contributed by atoms with Gasteiger partial charge in [0.1, 0.15) is 16.8 Å². The molecule has 0 fully saturated rings. The molecule has 0 N–H and O–H groups in total. The predicted molar refractivity (Wildman–Crippen MR) is 218 cm³/mol. The van der Waals surface area contributed by atoms with E-state index in [0.717, 1.165) is 60.0 Å². The van der Waals surface area contributed by atoms with E-state index in [1.807, 2.05) is 75.6 Å². The largest absolute Gasteiger partial charge is 0.496 e. The van der Waals surface area contributed by atoms with Gasteiger partial charge in [0.05, 0.1) is 36.8 Å². The summed E-state index contributed by atoms with van der Waals surface area (Å²) in [5.41, 5.74) is 8.61. The molecule has 1 aliphatic heterocycles. The Morgan fingerprint density at radius 2 is 1.35 bits per heavy atom. The average molecular weight is 747 g/mol. The van der Waals surface area contributed by atoms with Crippen molar-refractivity contribution in [1.82, 2.24) is 8.75 Å². The zero-order valence-corrected chi connectivity index (χ0v) is 31.7. The molecule has 0 saturated carbocycles. The molecule has 0 saturated heterocycles. The summed E-state index contributed by atoms with van der Waals surface area (Å²) in [6, 6.07) is 29.7. The molecular formula is C41H38N4O4S3. The van der Waals surface area contributed by atoms with Gasteiger partial charge in [0.2, 0.25) is 0 Å². The lowest BCUT2D eigenvalue weighted by Gasteiger charge is -2.35. The minimum Gasteiger partial charge on any atom is -0.496 e. The van der Waals surface area contributed by atoms with Gasteiger partial charge >= 0.3 is 10.3 Å². The minimum atomic E-state index is -4.06. The highest BCUT2D eigenvalue weighted by Crippen LogP contribution is 2.48. The van der Waals surface area contributed by atoms with E-state index in [-0.39, 0.29) is 12.5 Å². The van der Waals surface area contributed by atoms with Crippen LogP contribution < -0.4 is 13.9 Å². The first-order chi connectivity index (χ1) is 25.3. The van der Waals surface area contributed by atoms with Crippen LogP contribution in [0.2, 0.25) is 0 Å². The number of methoxy groups -OCH3 is 1. The Labute approximate surface area is 313 Å². The zero-order valence-electron chi connectivity index (χ0n) is 29.3. The van der Waals surface area contributed by atoms with Crippen LogP contribution in [-0.4, -0.2) is 45.0 Å². The van der Waals surface area contributed by atoms with E-state index in [9.17, 15) is 8.42 Å². The molecule has 2 aromatic heterocycles. The molecule has 3 heterocycles. The number of allylic oxidation sites excluding steroid dienone is 1. The second-order valence-corrected chi connectivity index (χ2v) is 15.6. The Morgan fingerprint density at radius 3 is 1.94 bits per heavy atom. The van der Waals surface area contributed by atoms with Crippen molar-refractivity contribution in [3.8, 4) is 5.75 Å². The van der Waals surface area contributed by atoms with Gasteiger partial charge in [0, 0.05) is 58.2 Å². The Balaban J connectivity index is 1.13. The van der Waals surface area contributed by atoms with Crippen LogP contribution in [-0.2, 0) is 14.5 Å². The smallest absolute Gasteiger partial charge is 0.366 e. The highest BCUT2D eigenvalue weighted by Gasteiger charge is 2.36. The molecule has 0 bridgehead atoms. The van der Waals surface area contributed by atoms with E-state index in [0.29, 0.717) is 17.8 Å². The number of anilines is 3. The molecule has 0 amide bonds. The van der Waals surface area contributed by atoms with Crippen LogP contribution in [0.25, 0.3) is 41.4 Å². The van der Waals surface area contributed by atoms with Crippen LogP contribution in [0, 0.1) is 0 Å². The van der Waals surface area contributed by atoms with Gasteiger partial charge in [-0.15, -0.1) is 11.3 Å². The molecule has 0 radical (unpaired) electrons. The summed E-state index contributed by atoms with van der Waals surface area (Å²) in [6.07, 6.45) is 13.2. The number of hydrogen-bond donors (Lipinski definition) is 0. The fraction of sp³-hybridized carbons (Fsp3) is 0.171. The van der Waals surface area contributed by atoms with E-state index in [2.05, 4.69) is 86.5 Å². The van der Waals surface area contributed by atoms with Gasteiger partial charge in [-0.25, -0.2) is 4.31 Å². The molecule has 8 nitrogen and oxygen atoms in total. The van der Waals surface area contributed by atoms with Crippen molar-refractivity contribution < 1.29 is 17.3 Å². The van der Waals surface area contributed by atoms with Crippen LogP contribution in [0.1, 0.15) is 56.8 Å². The van der Waals surface area contributed by atoms with Gasteiger partial charge in [0.15, 0.2) is 0 Å². The quantitative estimate of drug-likeness (QED) is 0.123. The first-order valence-corrected chi connectivity index (χ1v) is 19.8. The second kappa shape index (κ2) is 15.3. The van der Waals surface area contributed by atoms with Gasteiger partial charge in [-0.2, -0.15) is 17.2 Å². The normalized spacial score (nSPS) is 13.4. The maximum absolute atomic E-state index is 13.4. The summed E-state index contributed by atoms with van der Waals surface area (Å²) in [4.78, 5) is 4.32. The fourth-order valence-electron chi connectivity index (χ4n) is 6.24. The average Bonchev–Trinajstić information content (AvgIpc) is 3.84. The summed E-state index contributed by atoms with van der Waals surface area (Å²) >= 11 is 2.90. The number of para-hydroxylation sites is 2. The monoisotopic (exact) mass is 746 g/mol. The first kappa shape index (κ1) is 35.3. The second-order valence-electron chi connectivity index (χ2n) is 12.4. The molecule has 0 atom stereocenters. The van der Waals surface area contributed by atoms with Gasteiger partial charge in [-0.3, -0.25) is 4.18 Å². The fourth-order valence-corrected chi connectivity index (χ4v) is 8.94. The van der Waals surface area contributed by atoms with Crippen LogP contribution in [0.4, 0.5) is 17.1 Å². The van der Waals surface area contributed by atoms with Crippen LogP contribution in [0.5, 0.6) is 5.75 Å². The Kier molecular flexibility index (Phi) is 10.4. The number of thiophene rings is 1. The summed E-state index contributed by atoms with van der Waals surface area (Å²) in [5.74, 6) is 0.647. The molecule has 6 aromatic rings. The van der Waals surface area contributed by atoms with E-state index in [1.165, 1.54) is 16.0 Å². The van der Waals surface area contributed by atoms with Crippen LogP contribution in [0.15, 0.2) is 97.1 Å². The molecule has 0 spiro atoms. The predicted octanol–water partition coefficient (Wildman–Crippen LogP) is 10.1. The van der Waals surface area contributed by atoms with E-state index in [4.69, 9.17) is 8.92 Å². The maximum Gasteiger partial charge on any atom is 0.366 e. The number of rotatable bonds is 12. The molecule has 11 heteroatoms. The summed E-state index contributed by atoms with van der Waals surface area (Å²) in [5, 5.41) is 0. The summed E-state index contributed by atoms with van der Waals surface area (Å²) < 4.78 is 48.6. The van der Waals surface area contributed by atoms with Crippen molar-refractivity contribution in [2.75, 3.05) is 37.0 Å². The van der Waals surface area contributed by atoms with Gasteiger partial charge in [-0.1, -0.05) is 73.7 Å². The van der Waals surface area contributed by atoms with Crippen molar-refractivity contribution in [3.63, 3.8) is 0 Å². The van der Waals surface area contributed by atoms with E-state index >= 15 is 0 Å². The highest BCUT2D eigenvalue weighted by molar-refractivity contribution is 7.88. The third-order valence-electron chi connectivity index (χ3n) is 8.82. The van der Waals surface area contributed by atoms with Gasteiger partial charge in [0.25, 0.3) is 0 Å². The van der Waals surface area contributed by atoms with Crippen molar-refractivity contribution in [1.29, 1.82) is 0 Å². The molecule has 4 aromatic carbocycles. The maximum atomic E-state index is 13.4.